The molecule has 0 aromatic heterocycles. The summed E-state index contributed by atoms with van der Waals surface area (Å²) in [6.07, 6.45) is -0.0336. The summed E-state index contributed by atoms with van der Waals surface area (Å²) in [5.41, 5.74) is 4.96. The predicted octanol–water partition coefficient (Wildman–Crippen LogP) is 3.71. The second-order valence-corrected chi connectivity index (χ2v) is 6.54. The number of hydrogen-bond acceptors (Lipinski definition) is 4. The fraction of sp³-hybridized carbons (Fsp3) is 0.250. The summed E-state index contributed by atoms with van der Waals surface area (Å²) >= 11 is 8.01. The van der Waals surface area contributed by atoms with E-state index in [-0.39, 0.29) is 12.1 Å². The molecule has 0 aliphatic carbocycles. The van der Waals surface area contributed by atoms with Crippen LogP contribution in [-0.2, 0) is 0 Å². The lowest BCUT2D eigenvalue weighted by atomic mass is 10.0. The molecule has 3 rings (SSSR count). The number of rotatable bonds is 3. The van der Waals surface area contributed by atoms with E-state index in [0.29, 0.717) is 0 Å². The van der Waals surface area contributed by atoms with E-state index in [1.54, 1.807) is 11.8 Å². The summed E-state index contributed by atoms with van der Waals surface area (Å²) in [5, 5.41) is 0.747. The van der Waals surface area contributed by atoms with Crippen LogP contribution in [0, 0.1) is 6.92 Å². The Morgan fingerprint density at radius 1 is 1.33 bits per heavy atom. The van der Waals surface area contributed by atoms with Crippen LogP contribution in [0.5, 0.6) is 5.75 Å². The van der Waals surface area contributed by atoms with Gasteiger partial charge in [-0.2, -0.15) is 0 Å². The van der Waals surface area contributed by atoms with Crippen LogP contribution < -0.4 is 16.0 Å². The number of thioether (sulfide) groups is 1. The van der Waals surface area contributed by atoms with Gasteiger partial charge in [-0.25, -0.2) is 5.43 Å². The zero-order chi connectivity index (χ0) is 14.8. The molecular weight excluding hydrogens is 304 g/mol. The molecule has 1 heterocycles. The first-order valence-corrected chi connectivity index (χ1v) is 8.16. The third-order valence-electron chi connectivity index (χ3n) is 3.64. The van der Waals surface area contributed by atoms with Crippen molar-refractivity contribution in [2.24, 2.45) is 5.84 Å². The molecule has 0 saturated heterocycles. The Balaban J connectivity index is 1.86. The standard InChI is InChI=1S/C16H17ClN2OS/c1-10-6-7-11(8-12(10)17)16(19-18)14-9-21-15-5-3-2-4-13(15)20-14/h2-8,14,16,19H,9,18H2,1H3. The second kappa shape index (κ2) is 6.28. The Hall–Kier alpha value is -1.20. The van der Waals surface area contributed by atoms with E-state index in [4.69, 9.17) is 22.2 Å². The molecule has 0 saturated carbocycles. The van der Waals surface area contributed by atoms with E-state index in [9.17, 15) is 0 Å². The Morgan fingerprint density at radius 3 is 2.90 bits per heavy atom. The van der Waals surface area contributed by atoms with Gasteiger partial charge in [-0.15, -0.1) is 11.8 Å². The molecule has 0 radical (unpaired) electrons. The van der Waals surface area contributed by atoms with Crippen molar-refractivity contribution in [1.82, 2.24) is 5.43 Å². The average Bonchev–Trinajstić information content (AvgIpc) is 2.51. The normalized spacial score (nSPS) is 18.7. The molecule has 21 heavy (non-hydrogen) atoms. The van der Waals surface area contributed by atoms with Crippen LogP contribution in [0.25, 0.3) is 0 Å². The van der Waals surface area contributed by atoms with Gasteiger partial charge in [0, 0.05) is 15.7 Å². The number of aryl methyl sites for hydroxylation is 1. The fourth-order valence-corrected chi connectivity index (χ4v) is 3.65. The molecule has 2 atom stereocenters. The van der Waals surface area contributed by atoms with Crippen molar-refractivity contribution in [2.75, 3.05) is 5.75 Å². The van der Waals surface area contributed by atoms with E-state index >= 15 is 0 Å². The largest absolute Gasteiger partial charge is 0.486 e. The Kier molecular flexibility index (Phi) is 4.40. The highest BCUT2D eigenvalue weighted by molar-refractivity contribution is 7.99. The summed E-state index contributed by atoms with van der Waals surface area (Å²) in [4.78, 5) is 1.17. The number of hydrazine groups is 1. The summed E-state index contributed by atoms with van der Waals surface area (Å²) in [6.45, 7) is 1.99. The van der Waals surface area contributed by atoms with Crippen molar-refractivity contribution in [3.63, 3.8) is 0 Å². The lowest BCUT2D eigenvalue weighted by molar-refractivity contribution is 0.167. The summed E-state index contributed by atoms with van der Waals surface area (Å²) < 4.78 is 6.10. The topological polar surface area (TPSA) is 47.3 Å². The Morgan fingerprint density at radius 2 is 2.14 bits per heavy atom. The fourth-order valence-electron chi connectivity index (χ4n) is 2.42. The third kappa shape index (κ3) is 3.04. The lowest BCUT2D eigenvalue weighted by Gasteiger charge is -2.31. The molecule has 0 bridgehead atoms. The molecular formula is C16H17ClN2OS. The maximum absolute atomic E-state index is 6.22. The zero-order valence-corrected chi connectivity index (χ0v) is 13.2. The molecule has 1 aliphatic rings. The summed E-state index contributed by atoms with van der Waals surface area (Å²) in [6, 6.07) is 14.0. The molecule has 2 aromatic rings. The maximum Gasteiger partial charge on any atom is 0.133 e. The first-order valence-electron chi connectivity index (χ1n) is 6.79. The number of hydrogen-bond donors (Lipinski definition) is 2. The van der Waals surface area contributed by atoms with Crippen LogP contribution in [0.2, 0.25) is 5.02 Å². The van der Waals surface area contributed by atoms with Gasteiger partial charge in [0.05, 0.1) is 6.04 Å². The van der Waals surface area contributed by atoms with Gasteiger partial charge >= 0.3 is 0 Å². The van der Waals surface area contributed by atoms with Gasteiger partial charge in [0.25, 0.3) is 0 Å². The molecule has 2 aromatic carbocycles. The first kappa shape index (κ1) is 14.7. The first-order chi connectivity index (χ1) is 10.2. The Labute approximate surface area is 133 Å². The molecule has 1 aliphatic heterocycles. The predicted molar refractivity (Wildman–Crippen MR) is 87.8 cm³/mol. The molecule has 3 N–H and O–H groups in total. The van der Waals surface area contributed by atoms with Crippen LogP contribution in [0.3, 0.4) is 0 Å². The summed E-state index contributed by atoms with van der Waals surface area (Å²) in [5.74, 6) is 7.52. The molecule has 5 heteroatoms. The van der Waals surface area contributed by atoms with Crippen molar-refractivity contribution < 1.29 is 4.74 Å². The van der Waals surface area contributed by atoms with E-state index in [0.717, 1.165) is 27.7 Å². The molecule has 110 valence electrons. The number of benzene rings is 2. The number of ether oxygens (including phenoxy) is 1. The molecule has 0 amide bonds. The second-order valence-electron chi connectivity index (χ2n) is 5.07. The maximum atomic E-state index is 6.22. The van der Waals surface area contributed by atoms with Crippen molar-refractivity contribution >= 4 is 23.4 Å². The van der Waals surface area contributed by atoms with Crippen LogP contribution in [0.4, 0.5) is 0 Å². The highest BCUT2D eigenvalue weighted by Crippen LogP contribution is 2.38. The minimum Gasteiger partial charge on any atom is -0.486 e. The van der Waals surface area contributed by atoms with Crippen molar-refractivity contribution in [2.45, 2.75) is 24.0 Å². The van der Waals surface area contributed by atoms with E-state index in [2.05, 4.69) is 11.5 Å². The van der Waals surface area contributed by atoms with Gasteiger partial charge < -0.3 is 4.74 Å². The van der Waals surface area contributed by atoms with Crippen LogP contribution in [0.15, 0.2) is 47.4 Å². The highest BCUT2D eigenvalue weighted by atomic mass is 35.5. The zero-order valence-electron chi connectivity index (χ0n) is 11.7. The number of fused-ring (bicyclic) bond motifs is 1. The van der Waals surface area contributed by atoms with Gasteiger partial charge in [0.2, 0.25) is 0 Å². The van der Waals surface area contributed by atoms with Gasteiger partial charge in [0.15, 0.2) is 0 Å². The highest BCUT2D eigenvalue weighted by Gasteiger charge is 2.28. The number of nitrogens with two attached hydrogens (primary N) is 1. The van der Waals surface area contributed by atoms with Crippen LogP contribution >= 0.6 is 23.4 Å². The Bertz CT molecular complexity index is 650. The van der Waals surface area contributed by atoms with Crippen molar-refractivity contribution in [1.29, 1.82) is 0 Å². The van der Waals surface area contributed by atoms with Gasteiger partial charge in [0.1, 0.15) is 11.9 Å². The molecule has 2 unspecified atom stereocenters. The van der Waals surface area contributed by atoms with Gasteiger partial charge in [-0.1, -0.05) is 35.9 Å². The quantitative estimate of drug-likeness (QED) is 0.668. The van der Waals surface area contributed by atoms with E-state index < -0.39 is 0 Å². The molecule has 0 spiro atoms. The third-order valence-corrected chi connectivity index (χ3v) is 5.19. The molecule has 0 fully saturated rings. The lowest BCUT2D eigenvalue weighted by Crippen LogP contribution is -2.42. The minimum atomic E-state index is -0.0936. The minimum absolute atomic E-state index is 0.0336. The SMILES string of the molecule is Cc1ccc(C(NN)C2CSc3ccccc3O2)cc1Cl. The van der Waals surface area contributed by atoms with Gasteiger partial charge in [-0.3, -0.25) is 5.84 Å². The van der Waals surface area contributed by atoms with Crippen molar-refractivity contribution in [3.05, 3.63) is 58.6 Å². The molecule has 3 nitrogen and oxygen atoms in total. The van der Waals surface area contributed by atoms with E-state index in [1.165, 1.54) is 4.90 Å². The van der Waals surface area contributed by atoms with Crippen LogP contribution in [0.1, 0.15) is 17.2 Å². The van der Waals surface area contributed by atoms with E-state index in [1.807, 2.05) is 43.3 Å². The smallest absolute Gasteiger partial charge is 0.133 e. The number of para-hydroxylation sites is 1. The number of nitrogens with one attached hydrogen (secondary N) is 1. The number of halogens is 1. The van der Waals surface area contributed by atoms with Crippen molar-refractivity contribution in [3.8, 4) is 5.75 Å². The van der Waals surface area contributed by atoms with Gasteiger partial charge in [-0.05, 0) is 36.2 Å². The average molecular weight is 321 g/mol. The summed E-state index contributed by atoms with van der Waals surface area (Å²) in [7, 11) is 0. The monoisotopic (exact) mass is 320 g/mol. The van der Waals surface area contributed by atoms with Crippen LogP contribution in [-0.4, -0.2) is 11.9 Å².